The van der Waals surface area contributed by atoms with E-state index in [1.54, 1.807) is 0 Å². The second-order valence-corrected chi connectivity index (χ2v) is 4.88. The van der Waals surface area contributed by atoms with Crippen molar-refractivity contribution in [3.8, 4) is 5.75 Å². The molecule has 1 aromatic rings. The number of hydrogen-bond acceptors (Lipinski definition) is 3. The summed E-state index contributed by atoms with van der Waals surface area (Å²) in [7, 11) is 0. The summed E-state index contributed by atoms with van der Waals surface area (Å²) in [6.07, 6.45) is 1.84. The largest absolute Gasteiger partial charge is 0.491 e. The van der Waals surface area contributed by atoms with Crippen LogP contribution in [0.15, 0.2) is 24.3 Å². The van der Waals surface area contributed by atoms with Crippen LogP contribution in [-0.4, -0.2) is 23.9 Å². The second-order valence-electron chi connectivity index (χ2n) is 4.88. The molecule has 0 aromatic heterocycles. The predicted octanol–water partition coefficient (Wildman–Crippen LogP) is 2.72. The number of rotatable bonds is 8. The first kappa shape index (κ1) is 15.0. The lowest BCUT2D eigenvalue weighted by atomic mass is 10.2. The van der Waals surface area contributed by atoms with E-state index in [0.29, 0.717) is 6.54 Å². The smallest absolute Gasteiger partial charge is 0.119 e. The molecule has 102 valence electrons. The third kappa shape index (κ3) is 6.03. The first-order chi connectivity index (χ1) is 8.61. The monoisotopic (exact) mass is 251 g/mol. The highest BCUT2D eigenvalue weighted by Crippen LogP contribution is 2.13. The van der Waals surface area contributed by atoms with Crippen molar-refractivity contribution in [1.82, 2.24) is 5.32 Å². The molecule has 0 aliphatic carbocycles. The maximum absolute atomic E-state index is 9.59. The predicted molar refractivity (Wildman–Crippen MR) is 74.8 cm³/mol. The normalized spacial score (nSPS) is 12.7. The first-order valence-electron chi connectivity index (χ1n) is 6.76. The summed E-state index contributed by atoms with van der Waals surface area (Å²) in [5, 5.41) is 12.8. The maximum Gasteiger partial charge on any atom is 0.119 e. The van der Waals surface area contributed by atoms with Crippen LogP contribution >= 0.6 is 0 Å². The summed E-state index contributed by atoms with van der Waals surface area (Å²) in [5.74, 6) is 0.903. The van der Waals surface area contributed by atoms with Crippen molar-refractivity contribution < 1.29 is 9.84 Å². The highest BCUT2D eigenvalue weighted by Gasteiger charge is 2.02. The van der Waals surface area contributed by atoms with Crippen LogP contribution in [-0.2, 0) is 6.54 Å². The van der Waals surface area contributed by atoms with Crippen LogP contribution < -0.4 is 10.1 Å². The van der Waals surface area contributed by atoms with Crippen LogP contribution in [0.2, 0.25) is 0 Å². The van der Waals surface area contributed by atoms with Gasteiger partial charge in [-0.05, 0) is 38.0 Å². The van der Waals surface area contributed by atoms with Gasteiger partial charge in [0.2, 0.25) is 0 Å². The van der Waals surface area contributed by atoms with Crippen LogP contribution in [0.25, 0.3) is 0 Å². The zero-order chi connectivity index (χ0) is 13.4. The van der Waals surface area contributed by atoms with Crippen molar-refractivity contribution >= 4 is 0 Å². The summed E-state index contributed by atoms with van der Waals surface area (Å²) in [6.45, 7) is 7.55. The van der Waals surface area contributed by atoms with Gasteiger partial charge in [0.1, 0.15) is 5.75 Å². The number of aliphatic hydroxyl groups excluding tert-OH is 1. The molecule has 2 N–H and O–H groups in total. The lowest BCUT2D eigenvalue weighted by Crippen LogP contribution is -2.26. The molecule has 18 heavy (non-hydrogen) atoms. The minimum Gasteiger partial charge on any atom is -0.491 e. The molecular formula is C15H25NO2. The third-order valence-electron chi connectivity index (χ3n) is 2.63. The Kier molecular flexibility index (Phi) is 6.76. The third-order valence-corrected chi connectivity index (χ3v) is 2.63. The van der Waals surface area contributed by atoms with Gasteiger partial charge in [-0.1, -0.05) is 25.5 Å². The fourth-order valence-corrected chi connectivity index (χ4v) is 1.78. The van der Waals surface area contributed by atoms with Crippen LogP contribution in [0.5, 0.6) is 5.75 Å². The van der Waals surface area contributed by atoms with E-state index in [-0.39, 0.29) is 12.2 Å². The molecule has 0 radical (unpaired) electrons. The van der Waals surface area contributed by atoms with Gasteiger partial charge in [-0.25, -0.2) is 0 Å². The second kappa shape index (κ2) is 8.11. The zero-order valence-corrected chi connectivity index (χ0v) is 11.6. The van der Waals surface area contributed by atoms with Gasteiger partial charge in [0.15, 0.2) is 0 Å². The standard InChI is InChI=1S/C15H25NO2/c1-4-5-14(17)11-16-10-13-6-8-15(9-7-13)18-12(2)3/h6-9,12,14,16-17H,4-5,10-11H2,1-3H3. The Bertz CT molecular complexity index is 322. The molecule has 3 heteroatoms. The molecule has 1 unspecified atom stereocenters. The number of benzene rings is 1. The average Bonchev–Trinajstić information content (AvgIpc) is 2.31. The van der Waals surface area contributed by atoms with Crippen molar-refractivity contribution in [3.05, 3.63) is 29.8 Å². The Hall–Kier alpha value is -1.06. The lowest BCUT2D eigenvalue weighted by Gasteiger charge is -2.12. The van der Waals surface area contributed by atoms with Gasteiger partial charge >= 0.3 is 0 Å². The summed E-state index contributed by atoms with van der Waals surface area (Å²) < 4.78 is 5.58. The van der Waals surface area contributed by atoms with Gasteiger partial charge in [0, 0.05) is 13.1 Å². The molecule has 0 fully saturated rings. The zero-order valence-electron chi connectivity index (χ0n) is 11.6. The molecule has 0 amide bonds. The molecule has 3 nitrogen and oxygen atoms in total. The molecular weight excluding hydrogens is 226 g/mol. The van der Waals surface area contributed by atoms with E-state index in [0.717, 1.165) is 25.1 Å². The summed E-state index contributed by atoms with van der Waals surface area (Å²) in [6, 6.07) is 8.08. The average molecular weight is 251 g/mol. The van der Waals surface area contributed by atoms with Crippen LogP contribution in [0.3, 0.4) is 0 Å². The SMILES string of the molecule is CCCC(O)CNCc1ccc(OC(C)C)cc1. The van der Waals surface area contributed by atoms with Crippen molar-refractivity contribution in [2.45, 2.75) is 52.4 Å². The molecule has 0 aliphatic heterocycles. The molecule has 1 rings (SSSR count). The molecule has 0 heterocycles. The molecule has 0 saturated carbocycles. The van der Waals surface area contributed by atoms with Gasteiger partial charge < -0.3 is 15.2 Å². The van der Waals surface area contributed by atoms with E-state index in [4.69, 9.17) is 4.74 Å². The van der Waals surface area contributed by atoms with E-state index in [1.165, 1.54) is 5.56 Å². The number of hydrogen-bond donors (Lipinski definition) is 2. The number of ether oxygens (including phenoxy) is 1. The van der Waals surface area contributed by atoms with Crippen molar-refractivity contribution in [1.29, 1.82) is 0 Å². The minimum atomic E-state index is -0.237. The Morgan fingerprint density at radius 3 is 2.44 bits per heavy atom. The van der Waals surface area contributed by atoms with Crippen molar-refractivity contribution in [3.63, 3.8) is 0 Å². The lowest BCUT2D eigenvalue weighted by molar-refractivity contribution is 0.160. The number of aliphatic hydroxyl groups is 1. The Morgan fingerprint density at radius 1 is 1.22 bits per heavy atom. The fraction of sp³-hybridized carbons (Fsp3) is 0.600. The van der Waals surface area contributed by atoms with Gasteiger partial charge in [0.25, 0.3) is 0 Å². The molecule has 0 bridgehead atoms. The van der Waals surface area contributed by atoms with Crippen molar-refractivity contribution in [2.24, 2.45) is 0 Å². The van der Waals surface area contributed by atoms with E-state index in [2.05, 4.69) is 24.4 Å². The summed E-state index contributed by atoms with van der Waals surface area (Å²) >= 11 is 0. The van der Waals surface area contributed by atoms with E-state index < -0.39 is 0 Å². The summed E-state index contributed by atoms with van der Waals surface area (Å²) in [5.41, 5.74) is 1.20. The van der Waals surface area contributed by atoms with E-state index in [1.807, 2.05) is 26.0 Å². The quantitative estimate of drug-likeness (QED) is 0.746. The van der Waals surface area contributed by atoms with E-state index >= 15 is 0 Å². The van der Waals surface area contributed by atoms with Gasteiger partial charge in [-0.3, -0.25) is 0 Å². The maximum atomic E-state index is 9.59. The fourth-order valence-electron chi connectivity index (χ4n) is 1.78. The van der Waals surface area contributed by atoms with Gasteiger partial charge in [-0.15, -0.1) is 0 Å². The van der Waals surface area contributed by atoms with E-state index in [9.17, 15) is 5.11 Å². The van der Waals surface area contributed by atoms with Crippen LogP contribution in [0.4, 0.5) is 0 Å². The Morgan fingerprint density at radius 2 is 1.89 bits per heavy atom. The molecule has 1 atom stereocenters. The Balaban J connectivity index is 2.30. The van der Waals surface area contributed by atoms with Crippen LogP contribution in [0.1, 0.15) is 39.2 Å². The summed E-state index contributed by atoms with van der Waals surface area (Å²) in [4.78, 5) is 0. The molecule has 0 saturated heterocycles. The first-order valence-corrected chi connectivity index (χ1v) is 6.76. The minimum absolute atomic E-state index is 0.207. The van der Waals surface area contributed by atoms with Crippen LogP contribution in [0, 0.1) is 0 Å². The topological polar surface area (TPSA) is 41.5 Å². The molecule has 0 aliphatic rings. The van der Waals surface area contributed by atoms with Gasteiger partial charge in [-0.2, -0.15) is 0 Å². The molecule has 0 spiro atoms. The highest BCUT2D eigenvalue weighted by molar-refractivity contribution is 5.27. The highest BCUT2D eigenvalue weighted by atomic mass is 16.5. The van der Waals surface area contributed by atoms with Gasteiger partial charge in [0.05, 0.1) is 12.2 Å². The Labute approximate surface area is 110 Å². The number of nitrogens with one attached hydrogen (secondary N) is 1. The van der Waals surface area contributed by atoms with Crippen molar-refractivity contribution in [2.75, 3.05) is 6.54 Å². The molecule has 1 aromatic carbocycles.